The summed E-state index contributed by atoms with van der Waals surface area (Å²) in [5.41, 5.74) is 0.478. The second-order valence-electron chi connectivity index (χ2n) is 7.08. The van der Waals surface area contributed by atoms with Gasteiger partial charge in [-0.2, -0.15) is 0 Å². The average Bonchev–Trinajstić information content (AvgIpc) is 3.12. The molecule has 0 aliphatic rings. The van der Waals surface area contributed by atoms with Crippen molar-refractivity contribution in [1.29, 1.82) is 0 Å². The zero-order valence-electron chi connectivity index (χ0n) is 16.9. The SMILES string of the molecule is CCCCCCC(Cc1ccc(O)c(O)c1O)NC(=O)c1csc(NS(C)(=O)=O)n1. The monoisotopic (exact) mass is 457 g/mol. The van der Waals surface area contributed by atoms with Crippen molar-refractivity contribution in [3.8, 4) is 17.2 Å². The van der Waals surface area contributed by atoms with Crippen molar-refractivity contribution in [1.82, 2.24) is 10.3 Å². The van der Waals surface area contributed by atoms with Gasteiger partial charge in [0.1, 0.15) is 5.69 Å². The molecule has 0 bridgehead atoms. The molecule has 0 aliphatic heterocycles. The Morgan fingerprint density at radius 1 is 1.17 bits per heavy atom. The number of rotatable bonds is 11. The standard InChI is InChI=1S/C19H27N3O6S2/c1-3-4-5-6-7-13(10-12-8-9-15(23)17(25)16(12)24)20-18(26)14-11-29-19(21-14)22-30(2,27)28/h8-9,11,13,23-25H,3-7,10H2,1-2H3,(H,20,26)(H,21,22). The van der Waals surface area contributed by atoms with Crippen molar-refractivity contribution in [3.05, 3.63) is 28.8 Å². The minimum atomic E-state index is -3.49. The molecule has 9 nitrogen and oxygen atoms in total. The highest BCUT2D eigenvalue weighted by Gasteiger charge is 2.20. The minimum absolute atomic E-state index is 0.0856. The third-order valence-corrected chi connectivity index (χ3v) is 5.88. The Hall–Kier alpha value is -2.53. The lowest BCUT2D eigenvalue weighted by Gasteiger charge is -2.19. The van der Waals surface area contributed by atoms with Crippen LogP contribution in [0.4, 0.5) is 5.13 Å². The van der Waals surface area contributed by atoms with Crippen LogP contribution in [0.1, 0.15) is 55.1 Å². The molecule has 1 atom stereocenters. The van der Waals surface area contributed by atoms with E-state index >= 15 is 0 Å². The molecule has 0 fully saturated rings. The Morgan fingerprint density at radius 3 is 2.57 bits per heavy atom. The smallest absolute Gasteiger partial charge is 0.271 e. The number of anilines is 1. The van der Waals surface area contributed by atoms with Gasteiger partial charge in [0.2, 0.25) is 15.8 Å². The number of aromatic nitrogens is 1. The summed E-state index contributed by atoms with van der Waals surface area (Å²) in [5, 5.41) is 33.8. The van der Waals surface area contributed by atoms with Crippen molar-refractivity contribution in [2.24, 2.45) is 0 Å². The van der Waals surface area contributed by atoms with Gasteiger partial charge >= 0.3 is 0 Å². The van der Waals surface area contributed by atoms with Crippen molar-refractivity contribution in [2.75, 3.05) is 11.0 Å². The predicted molar refractivity (Wildman–Crippen MR) is 116 cm³/mol. The summed E-state index contributed by atoms with van der Waals surface area (Å²) in [7, 11) is -3.49. The highest BCUT2D eigenvalue weighted by Crippen LogP contribution is 2.37. The molecule has 0 aliphatic carbocycles. The molecule has 1 aromatic carbocycles. The van der Waals surface area contributed by atoms with Gasteiger partial charge < -0.3 is 20.6 Å². The van der Waals surface area contributed by atoms with E-state index in [1.165, 1.54) is 17.5 Å². The molecule has 2 rings (SSSR count). The fourth-order valence-corrected chi connectivity index (χ4v) is 4.47. The number of benzene rings is 1. The maximum atomic E-state index is 12.6. The molecule has 1 unspecified atom stereocenters. The lowest BCUT2D eigenvalue weighted by atomic mass is 9.98. The molecular weight excluding hydrogens is 430 g/mol. The summed E-state index contributed by atoms with van der Waals surface area (Å²) in [4.78, 5) is 16.6. The summed E-state index contributed by atoms with van der Waals surface area (Å²) in [6.45, 7) is 2.10. The van der Waals surface area contributed by atoms with Crippen LogP contribution in [-0.2, 0) is 16.4 Å². The van der Waals surface area contributed by atoms with Crippen LogP contribution in [0.5, 0.6) is 17.2 Å². The fourth-order valence-electron chi connectivity index (χ4n) is 2.93. The van der Waals surface area contributed by atoms with Gasteiger partial charge in [-0.15, -0.1) is 11.3 Å². The number of aromatic hydroxyl groups is 3. The molecule has 166 valence electrons. The summed E-state index contributed by atoms with van der Waals surface area (Å²) < 4.78 is 24.8. The zero-order valence-corrected chi connectivity index (χ0v) is 18.5. The normalized spacial score (nSPS) is 12.5. The van der Waals surface area contributed by atoms with E-state index in [1.54, 1.807) is 0 Å². The van der Waals surface area contributed by atoms with Crippen molar-refractivity contribution >= 4 is 32.4 Å². The molecule has 0 saturated carbocycles. The van der Waals surface area contributed by atoms with E-state index in [0.717, 1.165) is 43.3 Å². The first-order chi connectivity index (χ1) is 14.1. The van der Waals surface area contributed by atoms with Gasteiger partial charge in [-0.3, -0.25) is 9.52 Å². The number of thiazole rings is 1. The lowest BCUT2D eigenvalue weighted by Crippen LogP contribution is -2.36. The number of phenolic OH excluding ortho intramolecular Hbond substituents is 3. The average molecular weight is 458 g/mol. The van der Waals surface area contributed by atoms with Crippen molar-refractivity contribution in [2.45, 2.75) is 51.5 Å². The summed E-state index contributed by atoms with van der Waals surface area (Å²) >= 11 is 1.00. The van der Waals surface area contributed by atoms with Crippen LogP contribution < -0.4 is 10.0 Å². The van der Waals surface area contributed by atoms with Crippen molar-refractivity contribution < 1.29 is 28.5 Å². The van der Waals surface area contributed by atoms with Crippen LogP contribution in [0.2, 0.25) is 0 Å². The molecule has 11 heteroatoms. The van der Waals surface area contributed by atoms with Crippen LogP contribution in [0, 0.1) is 0 Å². The number of nitrogens with one attached hydrogen (secondary N) is 2. The van der Waals surface area contributed by atoms with Crippen LogP contribution in [0.15, 0.2) is 17.5 Å². The highest BCUT2D eigenvalue weighted by atomic mass is 32.2. The van der Waals surface area contributed by atoms with Crippen LogP contribution >= 0.6 is 11.3 Å². The quantitative estimate of drug-likeness (QED) is 0.257. The number of carbonyl (C=O) groups excluding carboxylic acids is 1. The molecule has 0 saturated heterocycles. The third kappa shape index (κ3) is 7.06. The Balaban J connectivity index is 2.12. The molecule has 1 amide bonds. The second kappa shape index (κ2) is 10.5. The zero-order chi connectivity index (χ0) is 22.3. The first kappa shape index (κ1) is 23.7. The molecule has 1 heterocycles. The Morgan fingerprint density at radius 2 is 1.90 bits per heavy atom. The highest BCUT2D eigenvalue weighted by molar-refractivity contribution is 7.92. The van der Waals surface area contributed by atoms with E-state index in [0.29, 0.717) is 12.0 Å². The number of unbranched alkanes of at least 4 members (excludes halogenated alkanes) is 3. The van der Waals surface area contributed by atoms with Gasteiger partial charge in [0.25, 0.3) is 5.91 Å². The van der Waals surface area contributed by atoms with Gasteiger partial charge in [-0.05, 0) is 18.9 Å². The van der Waals surface area contributed by atoms with Gasteiger partial charge in [-0.1, -0.05) is 38.7 Å². The van der Waals surface area contributed by atoms with Crippen LogP contribution in [0.3, 0.4) is 0 Å². The van der Waals surface area contributed by atoms with E-state index in [9.17, 15) is 28.5 Å². The number of nitrogens with zero attached hydrogens (tertiary/aromatic N) is 1. The van der Waals surface area contributed by atoms with E-state index in [-0.39, 0.29) is 23.3 Å². The summed E-state index contributed by atoms with van der Waals surface area (Å²) in [5.74, 6) is -1.90. The van der Waals surface area contributed by atoms with Gasteiger partial charge in [0, 0.05) is 17.0 Å². The largest absolute Gasteiger partial charge is 0.504 e. The topological polar surface area (TPSA) is 149 Å². The van der Waals surface area contributed by atoms with E-state index < -0.39 is 33.2 Å². The Bertz CT molecular complexity index is 975. The molecule has 5 N–H and O–H groups in total. The first-order valence-electron chi connectivity index (χ1n) is 9.57. The molecule has 2 aromatic rings. The molecule has 0 spiro atoms. The third-order valence-electron chi connectivity index (χ3n) is 4.43. The molecule has 30 heavy (non-hydrogen) atoms. The van der Waals surface area contributed by atoms with E-state index in [2.05, 4.69) is 21.9 Å². The van der Waals surface area contributed by atoms with Gasteiger partial charge in [0.05, 0.1) is 6.26 Å². The maximum Gasteiger partial charge on any atom is 0.271 e. The number of sulfonamides is 1. The lowest BCUT2D eigenvalue weighted by molar-refractivity contribution is 0.0929. The Kier molecular flexibility index (Phi) is 8.30. The van der Waals surface area contributed by atoms with Gasteiger partial charge in [-0.25, -0.2) is 13.4 Å². The minimum Gasteiger partial charge on any atom is -0.504 e. The van der Waals surface area contributed by atoms with Gasteiger partial charge in [0.15, 0.2) is 16.6 Å². The fraction of sp³-hybridized carbons (Fsp3) is 0.474. The number of amides is 1. The molecular formula is C19H27N3O6S2. The summed E-state index contributed by atoms with van der Waals surface area (Å²) in [6, 6.07) is 2.42. The number of hydrogen-bond donors (Lipinski definition) is 5. The molecule has 1 aromatic heterocycles. The van der Waals surface area contributed by atoms with E-state index in [4.69, 9.17) is 0 Å². The summed E-state index contributed by atoms with van der Waals surface area (Å²) in [6.07, 6.45) is 5.88. The van der Waals surface area contributed by atoms with Crippen molar-refractivity contribution in [3.63, 3.8) is 0 Å². The van der Waals surface area contributed by atoms with Crippen LogP contribution in [-0.4, -0.2) is 46.9 Å². The number of carbonyl (C=O) groups is 1. The number of phenols is 3. The predicted octanol–water partition coefficient (Wildman–Crippen LogP) is 2.94. The Labute approximate surface area is 179 Å². The van der Waals surface area contributed by atoms with Crippen LogP contribution in [0.25, 0.3) is 0 Å². The maximum absolute atomic E-state index is 12.6. The van der Waals surface area contributed by atoms with E-state index in [1.807, 2.05) is 0 Å². The first-order valence-corrected chi connectivity index (χ1v) is 12.3. The number of hydrogen-bond acceptors (Lipinski definition) is 8. The second-order valence-corrected chi connectivity index (χ2v) is 9.68. The molecule has 0 radical (unpaired) electrons.